The molecule has 13 heavy (non-hydrogen) atoms. The van der Waals surface area contributed by atoms with Crippen molar-refractivity contribution in [2.24, 2.45) is 4.99 Å². The van der Waals surface area contributed by atoms with Crippen LogP contribution < -0.4 is 5.32 Å². The monoisotopic (exact) mass is 210 g/mol. The molecule has 1 aliphatic rings. The quantitative estimate of drug-likeness (QED) is 0.478. The van der Waals surface area contributed by atoms with Crippen molar-refractivity contribution in [3.05, 3.63) is 0 Å². The summed E-state index contributed by atoms with van der Waals surface area (Å²) in [5, 5.41) is -0.150. The molecule has 0 aliphatic carbocycles. The molecule has 0 saturated heterocycles. The Hall–Kier alpha value is -0.860. The Bertz CT molecular complexity index is 257. The molecule has 0 saturated carbocycles. The number of aliphatic imine (C=N–C) groups is 1. The zero-order chi connectivity index (χ0) is 10.5. The van der Waals surface area contributed by atoms with E-state index in [1.807, 2.05) is 0 Å². The average Bonchev–Trinajstić information content (AvgIpc) is 1.80. The number of halogens is 7. The van der Waals surface area contributed by atoms with Crippen LogP contribution in [0.4, 0.5) is 30.7 Å². The maximum Gasteiger partial charge on any atom is 0.422 e. The van der Waals surface area contributed by atoms with E-state index in [-0.39, 0.29) is 5.32 Å². The van der Waals surface area contributed by atoms with Crippen molar-refractivity contribution in [2.75, 3.05) is 0 Å². The Kier molecular flexibility index (Phi) is 1.84. The third kappa shape index (κ3) is 1.47. The number of nitrogens with one attached hydrogen (secondary N) is 1. The molecular weight excluding hydrogens is 209 g/mol. The summed E-state index contributed by atoms with van der Waals surface area (Å²) in [6.45, 7) is 0. The lowest BCUT2D eigenvalue weighted by Crippen LogP contribution is -2.64. The minimum absolute atomic E-state index is 0.150. The molecule has 0 aromatic rings. The summed E-state index contributed by atoms with van der Waals surface area (Å²) in [6.07, 6.45) is 0. The fraction of sp³-hybridized carbons (Fsp3) is 0.750. The number of hydrogen-bond acceptors (Lipinski definition) is 2. The van der Waals surface area contributed by atoms with Crippen LogP contribution in [0.25, 0.3) is 0 Å². The van der Waals surface area contributed by atoms with Crippen molar-refractivity contribution in [2.45, 2.75) is 18.1 Å². The number of hydrogen-bond donors (Lipinski definition) is 1. The summed E-state index contributed by atoms with van der Waals surface area (Å²) in [5.74, 6) is -2.87. The van der Waals surface area contributed by atoms with Gasteiger partial charge in [-0.15, -0.1) is 0 Å². The SMILES string of the molecule is FC1=NC(F)(F)C(F)(F)NC1(F)F. The maximum atomic E-state index is 12.0. The standard InChI is InChI=1S/C4HF7N2/c5-1-2(6,7)13-4(10,11)3(8,9)12-1/h13H. The Labute approximate surface area is 66.4 Å². The maximum absolute atomic E-state index is 12.0. The van der Waals surface area contributed by atoms with Gasteiger partial charge in [0.25, 0.3) is 5.97 Å². The highest BCUT2D eigenvalue weighted by Gasteiger charge is 2.66. The summed E-state index contributed by atoms with van der Waals surface area (Å²) in [5.41, 5.74) is 0. The van der Waals surface area contributed by atoms with Gasteiger partial charge in [-0.2, -0.15) is 41.0 Å². The van der Waals surface area contributed by atoms with Crippen molar-refractivity contribution in [3.63, 3.8) is 0 Å². The Balaban J connectivity index is 3.16. The molecule has 0 radical (unpaired) electrons. The summed E-state index contributed by atoms with van der Waals surface area (Å²) in [6, 6.07) is -15.4. The first-order valence-electron chi connectivity index (χ1n) is 2.77. The molecule has 9 heteroatoms. The molecule has 0 aromatic carbocycles. The normalized spacial score (nSPS) is 29.6. The molecule has 1 N–H and O–H groups in total. The van der Waals surface area contributed by atoms with Crippen LogP contribution in [0.5, 0.6) is 0 Å². The summed E-state index contributed by atoms with van der Waals surface area (Å²) < 4.78 is 84.0. The molecule has 0 amide bonds. The number of nitrogens with zero attached hydrogens (tertiary/aromatic N) is 1. The van der Waals surface area contributed by atoms with Crippen LogP contribution in [-0.4, -0.2) is 24.1 Å². The molecule has 1 rings (SSSR count). The molecule has 2 nitrogen and oxygen atoms in total. The van der Waals surface area contributed by atoms with Gasteiger partial charge in [-0.1, -0.05) is 0 Å². The van der Waals surface area contributed by atoms with E-state index in [0.717, 1.165) is 0 Å². The summed E-state index contributed by atoms with van der Waals surface area (Å²) >= 11 is 0. The molecule has 0 spiro atoms. The lowest BCUT2D eigenvalue weighted by molar-refractivity contribution is -0.259. The predicted octanol–water partition coefficient (Wildman–Crippen LogP) is 1.74. The van der Waals surface area contributed by atoms with Gasteiger partial charge in [-0.25, -0.2) is 0 Å². The van der Waals surface area contributed by atoms with Gasteiger partial charge in [0.1, 0.15) is 0 Å². The van der Waals surface area contributed by atoms with Crippen LogP contribution in [0, 0.1) is 0 Å². The van der Waals surface area contributed by atoms with Crippen LogP contribution in [0.3, 0.4) is 0 Å². The zero-order valence-electron chi connectivity index (χ0n) is 5.59. The van der Waals surface area contributed by atoms with Gasteiger partial charge >= 0.3 is 18.1 Å². The lowest BCUT2D eigenvalue weighted by Gasteiger charge is -2.31. The van der Waals surface area contributed by atoms with Gasteiger partial charge in [0, 0.05) is 0 Å². The van der Waals surface area contributed by atoms with E-state index in [9.17, 15) is 30.7 Å². The fourth-order valence-corrected chi connectivity index (χ4v) is 0.588. The molecule has 0 bridgehead atoms. The van der Waals surface area contributed by atoms with Crippen molar-refractivity contribution < 1.29 is 30.7 Å². The molecule has 0 aromatic heterocycles. The van der Waals surface area contributed by atoms with Gasteiger partial charge in [0.2, 0.25) is 0 Å². The van der Waals surface area contributed by atoms with Gasteiger partial charge in [0.05, 0.1) is 0 Å². The molecule has 0 fully saturated rings. The highest BCUT2D eigenvalue weighted by molar-refractivity contribution is 5.83. The van der Waals surface area contributed by atoms with Gasteiger partial charge in [0.15, 0.2) is 0 Å². The Morgan fingerprint density at radius 3 is 1.85 bits per heavy atom. The van der Waals surface area contributed by atoms with Crippen molar-refractivity contribution in [1.82, 2.24) is 5.32 Å². The van der Waals surface area contributed by atoms with Crippen molar-refractivity contribution >= 4 is 5.97 Å². The predicted molar refractivity (Wildman–Crippen MR) is 26.5 cm³/mol. The van der Waals surface area contributed by atoms with Crippen LogP contribution in [0.15, 0.2) is 4.99 Å². The molecular formula is C4HF7N2. The highest BCUT2D eigenvalue weighted by atomic mass is 19.3. The van der Waals surface area contributed by atoms with E-state index in [1.54, 1.807) is 0 Å². The van der Waals surface area contributed by atoms with E-state index in [1.165, 1.54) is 4.99 Å². The molecule has 1 heterocycles. The van der Waals surface area contributed by atoms with E-state index >= 15 is 0 Å². The second kappa shape index (κ2) is 2.34. The minimum atomic E-state index is -5.27. The van der Waals surface area contributed by atoms with Crippen molar-refractivity contribution in [1.29, 1.82) is 0 Å². The fourth-order valence-electron chi connectivity index (χ4n) is 0.588. The van der Waals surface area contributed by atoms with E-state index < -0.39 is 24.1 Å². The highest BCUT2D eigenvalue weighted by Crippen LogP contribution is 2.40. The van der Waals surface area contributed by atoms with E-state index in [2.05, 4.69) is 0 Å². The van der Waals surface area contributed by atoms with E-state index in [4.69, 9.17) is 0 Å². The lowest BCUT2D eigenvalue weighted by atomic mass is 10.3. The average molecular weight is 210 g/mol. The number of alkyl halides is 6. The van der Waals surface area contributed by atoms with Gasteiger partial charge in [-0.3, -0.25) is 0 Å². The van der Waals surface area contributed by atoms with Crippen LogP contribution >= 0.6 is 0 Å². The first kappa shape index (κ1) is 10.2. The van der Waals surface area contributed by atoms with Crippen LogP contribution in [0.1, 0.15) is 0 Å². The van der Waals surface area contributed by atoms with Crippen LogP contribution in [-0.2, 0) is 0 Å². The van der Waals surface area contributed by atoms with Crippen LogP contribution in [0.2, 0.25) is 0 Å². The largest absolute Gasteiger partial charge is 0.422 e. The molecule has 0 atom stereocenters. The second-order valence-corrected chi connectivity index (χ2v) is 2.22. The van der Waals surface area contributed by atoms with E-state index in [0.29, 0.717) is 0 Å². The number of rotatable bonds is 0. The Morgan fingerprint density at radius 1 is 1.00 bits per heavy atom. The van der Waals surface area contributed by atoms with Gasteiger partial charge < -0.3 is 0 Å². The topological polar surface area (TPSA) is 24.4 Å². The zero-order valence-corrected chi connectivity index (χ0v) is 5.59. The minimum Gasteiger partial charge on any atom is -0.183 e. The smallest absolute Gasteiger partial charge is 0.183 e. The first-order chi connectivity index (χ1) is 5.58. The second-order valence-electron chi connectivity index (χ2n) is 2.22. The summed E-state index contributed by atoms with van der Waals surface area (Å²) in [7, 11) is 0. The molecule has 0 unspecified atom stereocenters. The summed E-state index contributed by atoms with van der Waals surface area (Å²) in [4.78, 5) is 1.27. The van der Waals surface area contributed by atoms with Crippen molar-refractivity contribution in [3.8, 4) is 0 Å². The third-order valence-electron chi connectivity index (χ3n) is 1.19. The molecule has 76 valence electrons. The Morgan fingerprint density at radius 2 is 1.46 bits per heavy atom. The van der Waals surface area contributed by atoms with Gasteiger partial charge in [-0.05, 0) is 0 Å². The molecule has 1 aliphatic heterocycles. The third-order valence-corrected chi connectivity index (χ3v) is 1.19. The first-order valence-corrected chi connectivity index (χ1v) is 2.77.